The van der Waals surface area contributed by atoms with Gasteiger partial charge in [0.1, 0.15) is 0 Å². The van der Waals surface area contributed by atoms with Crippen LogP contribution < -0.4 is 11.2 Å². The first-order valence-corrected chi connectivity index (χ1v) is 4.84. The summed E-state index contributed by atoms with van der Waals surface area (Å²) in [4.78, 5) is 0. The van der Waals surface area contributed by atoms with Crippen molar-refractivity contribution < 1.29 is 0 Å². The Kier molecular flexibility index (Phi) is 3.36. The van der Waals surface area contributed by atoms with Crippen LogP contribution in [0.3, 0.4) is 0 Å². The molecule has 0 saturated heterocycles. The summed E-state index contributed by atoms with van der Waals surface area (Å²) in [7, 11) is 0. The highest BCUT2D eigenvalue weighted by atomic mass is 15.5. The standard InChI is InChI=1S/C11H15N5/c1-7(6-12)10-4-8(2)16(9(3)5-10)15-11(13)14/h4-5H,1-3H3,(H4,13,14,15). The molecule has 0 spiro atoms. The molecule has 0 saturated carbocycles. The van der Waals surface area contributed by atoms with Crippen molar-refractivity contribution in [2.24, 2.45) is 5.73 Å². The molecule has 0 radical (unpaired) electrons. The average Bonchev–Trinajstić information content (AvgIpc) is 2.21. The van der Waals surface area contributed by atoms with Gasteiger partial charge in [-0.15, -0.1) is 0 Å². The van der Waals surface area contributed by atoms with Crippen LogP contribution in [-0.2, 0) is 0 Å². The minimum Gasteiger partial charge on any atom is -0.369 e. The molecule has 0 fully saturated rings. The second-order valence-corrected chi connectivity index (χ2v) is 3.62. The maximum Gasteiger partial charge on any atom is 0.205 e. The molecule has 1 aliphatic rings. The number of nitrogens with one attached hydrogen (secondary N) is 2. The van der Waals surface area contributed by atoms with E-state index in [4.69, 9.17) is 16.4 Å². The third-order valence-corrected chi connectivity index (χ3v) is 2.27. The Morgan fingerprint density at radius 3 is 2.31 bits per heavy atom. The van der Waals surface area contributed by atoms with Crippen LogP contribution >= 0.6 is 0 Å². The van der Waals surface area contributed by atoms with Crippen LogP contribution in [0.4, 0.5) is 0 Å². The smallest absolute Gasteiger partial charge is 0.205 e. The highest BCUT2D eigenvalue weighted by Gasteiger charge is 2.14. The van der Waals surface area contributed by atoms with Crippen molar-refractivity contribution in [2.45, 2.75) is 20.8 Å². The highest BCUT2D eigenvalue weighted by molar-refractivity contribution is 5.74. The molecule has 1 aliphatic heterocycles. The van der Waals surface area contributed by atoms with Gasteiger partial charge in [-0.25, -0.2) is 0 Å². The van der Waals surface area contributed by atoms with Crippen LogP contribution in [0.2, 0.25) is 0 Å². The van der Waals surface area contributed by atoms with Gasteiger partial charge in [-0.3, -0.25) is 15.8 Å². The Bertz CT molecular complexity index is 425. The van der Waals surface area contributed by atoms with Crippen molar-refractivity contribution in [3.63, 3.8) is 0 Å². The molecule has 0 atom stereocenters. The fourth-order valence-corrected chi connectivity index (χ4v) is 1.48. The summed E-state index contributed by atoms with van der Waals surface area (Å²) in [5, 5.41) is 17.7. The van der Waals surface area contributed by atoms with Gasteiger partial charge in [0.15, 0.2) is 0 Å². The third-order valence-electron chi connectivity index (χ3n) is 2.27. The van der Waals surface area contributed by atoms with E-state index >= 15 is 0 Å². The first-order chi connectivity index (χ1) is 7.45. The van der Waals surface area contributed by atoms with Crippen molar-refractivity contribution in [1.29, 1.82) is 10.7 Å². The number of allylic oxidation sites excluding steroid dienone is 6. The lowest BCUT2D eigenvalue weighted by molar-refractivity contribution is 0.376. The zero-order valence-corrected chi connectivity index (χ0v) is 9.63. The molecule has 0 aromatic heterocycles. The van der Waals surface area contributed by atoms with Crippen molar-refractivity contribution in [2.75, 3.05) is 0 Å². The summed E-state index contributed by atoms with van der Waals surface area (Å²) in [6, 6.07) is 2.12. The normalized spacial score (nSPS) is 14.9. The van der Waals surface area contributed by atoms with Crippen LogP contribution in [-0.4, -0.2) is 11.0 Å². The van der Waals surface area contributed by atoms with E-state index in [1.165, 1.54) is 0 Å². The lowest BCUT2D eigenvalue weighted by Gasteiger charge is -2.29. The van der Waals surface area contributed by atoms with E-state index in [1.54, 1.807) is 11.9 Å². The average molecular weight is 217 g/mol. The summed E-state index contributed by atoms with van der Waals surface area (Å²) in [6.07, 6.45) is 3.75. The molecule has 16 heavy (non-hydrogen) atoms. The zero-order chi connectivity index (χ0) is 12.3. The van der Waals surface area contributed by atoms with E-state index in [0.717, 1.165) is 17.0 Å². The van der Waals surface area contributed by atoms with Crippen molar-refractivity contribution in [3.05, 3.63) is 34.7 Å². The Morgan fingerprint density at radius 1 is 1.44 bits per heavy atom. The maximum atomic E-state index is 8.82. The number of hydrogen-bond acceptors (Lipinski definition) is 3. The van der Waals surface area contributed by atoms with Gasteiger partial charge in [0, 0.05) is 17.0 Å². The molecular formula is C11H15N5. The molecule has 0 aromatic rings. The van der Waals surface area contributed by atoms with Gasteiger partial charge < -0.3 is 5.73 Å². The van der Waals surface area contributed by atoms with Gasteiger partial charge >= 0.3 is 0 Å². The summed E-state index contributed by atoms with van der Waals surface area (Å²) in [6.45, 7) is 5.55. The highest BCUT2D eigenvalue weighted by Crippen LogP contribution is 2.22. The number of hydrazine groups is 1. The van der Waals surface area contributed by atoms with Gasteiger partial charge in [-0.1, -0.05) is 0 Å². The number of hydrogen-bond donors (Lipinski definition) is 3. The first-order valence-electron chi connectivity index (χ1n) is 4.84. The third kappa shape index (κ3) is 2.42. The fourth-order valence-electron chi connectivity index (χ4n) is 1.48. The Hall–Kier alpha value is -2.22. The van der Waals surface area contributed by atoms with Gasteiger partial charge in [0.2, 0.25) is 5.96 Å². The predicted octanol–water partition coefficient (Wildman–Crippen LogP) is 1.35. The van der Waals surface area contributed by atoms with Gasteiger partial charge in [-0.2, -0.15) is 5.26 Å². The molecule has 4 N–H and O–H groups in total. The van der Waals surface area contributed by atoms with Gasteiger partial charge in [0.05, 0.1) is 6.07 Å². The van der Waals surface area contributed by atoms with Crippen LogP contribution in [0, 0.1) is 16.7 Å². The maximum absolute atomic E-state index is 8.82. The summed E-state index contributed by atoms with van der Waals surface area (Å²) >= 11 is 0. The summed E-state index contributed by atoms with van der Waals surface area (Å²) < 4.78 is 0. The van der Waals surface area contributed by atoms with Crippen LogP contribution in [0.1, 0.15) is 20.8 Å². The largest absolute Gasteiger partial charge is 0.369 e. The quantitative estimate of drug-likeness (QED) is 0.351. The lowest BCUT2D eigenvalue weighted by Crippen LogP contribution is -2.44. The Balaban J connectivity index is 3.07. The van der Waals surface area contributed by atoms with Gasteiger partial charge in [0.25, 0.3) is 0 Å². The van der Waals surface area contributed by atoms with E-state index < -0.39 is 0 Å². The fraction of sp³-hybridized carbons (Fsp3) is 0.273. The minimum absolute atomic E-state index is 0.120. The SMILES string of the molecule is CC1=CC(=C(C)C#N)C=C(C)N1NC(=N)N. The Labute approximate surface area is 95.0 Å². The van der Waals surface area contributed by atoms with Crippen LogP contribution in [0.25, 0.3) is 0 Å². The molecule has 1 rings (SSSR count). The summed E-state index contributed by atoms with van der Waals surface area (Å²) in [5.41, 5.74) is 11.3. The van der Waals surface area contributed by atoms with E-state index in [9.17, 15) is 0 Å². The molecule has 5 heteroatoms. The Morgan fingerprint density at radius 2 is 1.94 bits per heavy atom. The number of guanidine groups is 1. The second-order valence-electron chi connectivity index (χ2n) is 3.62. The van der Waals surface area contributed by atoms with Crippen LogP contribution in [0.15, 0.2) is 34.7 Å². The van der Waals surface area contributed by atoms with Crippen LogP contribution in [0.5, 0.6) is 0 Å². The number of nitriles is 1. The van der Waals surface area contributed by atoms with E-state index in [1.807, 2.05) is 26.0 Å². The topological polar surface area (TPSA) is 88.9 Å². The van der Waals surface area contributed by atoms with Crippen molar-refractivity contribution >= 4 is 5.96 Å². The van der Waals surface area contributed by atoms with E-state index in [2.05, 4.69) is 11.5 Å². The molecule has 0 unspecified atom stereocenters. The molecule has 84 valence electrons. The molecule has 0 amide bonds. The lowest BCUT2D eigenvalue weighted by atomic mass is 10.1. The number of nitrogens with two attached hydrogens (primary N) is 1. The van der Waals surface area contributed by atoms with Crippen molar-refractivity contribution in [3.8, 4) is 6.07 Å². The first kappa shape index (κ1) is 11.9. The molecule has 0 aromatic carbocycles. The van der Waals surface area contributed by atoms with Gasteiger partial charge in [-0.05, 0) is 38.5 Å². The monoisotopic (exact) mass is 217 g/mol. The molecular weight excluding hydrogens is 202 g/mol. The number of rotatable bonds is 1. The predicted molar refractivity (Wildman–Crippen MR) is 62.7 cm³/mol. The van der Waals surface area contributed by atoms with E-state index in [-0.39, 0.29) is 5.96 Å². The van der Waals surface area contributed by atoms with Crippen molar-refractivity contribution in [1.82, 2.24) is 10.4 Å². The molecule has 0 aliphatic carbocycles. The summed E-state index contributed by atoms with van der Waals surface area (Å²) in [5.74, 6) is -0.120. The zero-order valence-electron chi connectivity index (χ0n) is 9.63. The molecule has 1 heterocycles. The second kappa shape index (κ2) is 4.53. The molecule has 0 bridgehead atoms. The minimum atomic E-state index is -0.120. The number of nitrogens with zero attached hydrogens (tertiary/aromatic N) is 2. The van der Waals surface area contributed by atoms with E-state index in [0.29, 0.717) is 5.57 Å². The molecule has 5 nitrogen and oxygen atoms in total.